The van der Waals surface area contributed by atoms with Gasteiger partial charge >= 0.3 is 310 Å². The monoisotopic (exact) mass is 1120 g/mol. The molecule has 0 radical (unpaired) electrons. The number of carbonyl (C=O) groups excluding carboxylic acids is 3. The molecule has 2 heterocycles. The van der Waals surface area contributed by atoms with Crippen LogP contribution in [0, 0.1) is 29.6 Å². The van der Waals surface area contributed by atoms with Gasteiger partial charge in [0.1, 0.15) is 23.3 Å². The zero-order chi connectivity index (χ0) is 49.2. The summed E-state index contributed by atoms with van der Waals surface area (Å²) in [5.74, 6) is 15.0. The Labute approximate surface area is 612 Å². The number of nitrogens with zero attached hydrogens (tertiary/aromatic N) is 5. The van der Waals surface area contributed by atoms with E-state index in [0.29, 0.717) is 43.6 Å². The first kappa shape index (κ1) is 82.3. The Bertz CT molecular complexity index is 1650. The van der Waals surface area contributed by atoms with Crippen molar-refractivity contribution in [1.82, 2.24) is 35.5 Å². The normalized spacial score (nSPS) is 10.3. The predicted octanol–water partition coefficient (Wildman–Crippen LogP) is -0.452. The molecule has 2 rings (SSSR count). The Balaban J connectivity index is -0.000000230. The van der Waals surface area contributed by atoms with Crippen LogP contribution in [0.25, 0.3) is 0 Å². The molecular weight excluding hydrogens is 1050 g/mol. The van der Waals surface area contributed by atoms with E-state index >= 15 is 0 Å². The summed E-state index contributed by atoms with van der Waals surface area (Å²) in [6.07, 6.45) is 8.61. The minimum absolute atomic E-state index is 0. The van der Waals surface area contributed by atoms with Crippen LogP contribution in [0.1, 0.15) is 113 Å². The van der Waals surface area contributed by atoms with Gasteiger partial charge in [-0.1, -0.05) is 51.4 Å². The molecule has 6 N–H and O–H groups in total. The number of anilines is 4. The molecule has 0 aliphatic carbocycles. The molecule has 0 aliphatic rings. The Hall–Kier alpha value is 9.42. The number of rotatable bonds is 18. The van der Waals surface area contributed by atoms with Crippen LogP contribution in [-0.4, -0.2) is 354 Å². The number of amides is 3. The van der Waals surface area contributed by atoms with Crippen LogP contribution in [0.5, 0.6) is 0 Å². The van der Waals surface area contributed by atoms with Crippen molar-refractivity contribution >= 4 is 294 Å². The molecule has 0 bridgehead atoms. The Morgan fingerprint density at radius 1 is 0.719 bits per heavy atom. The van der Waals surface area contributed by atoms with Crippen LogP contribution in [0.15, 0.2) is 12.4 Å². The quantitative estimate of drug-likeness (QED) is 0.0643. The molecule has 64 heavy (non-hydrogen) atoms. The maximum absolute atomic E-state index is 12.3. The van der Waals surface area contributed by atoms with Gasteiger partial charge < -0.3 is 38.1 Å². The Morgan fingerprint density at radius 2 is 1.11 bits per heavy atom. The zero-order valence-corrected chi connectivity index (χ0v) is 72.1. The van der Waals surface area contributed by atoms with E-state index in [1.807, 2.05) is 13.8 Å². The molecule has 2 atom stereocenters. The number of hydrogen-bond acceptors (Lipinski definition) is 12. The van der Waals surface area contributed by atoms with E-state index in [-0.39, 0.29) is 70.5 Å². The summed E-state index contributed by atoms with van der Waals surface area (Å²) in [6.45, 7) is 17.9. The maximum atomic E-state index is 12.3. The summed E-state index contributed by atoms with van der Waals surface area (Å²) in [7, 11) is 5.11. The van der Waals surface area contributed by atoms with Crippen molar-refractivity contribution in [3.05, 3.63) is 23.5 Å². The van der Waals surface area contributed by atoms with Gasteiger partial charge in [-0.05, 0) is 59.8 Å². The predicted molar refractivity (Wildman–Crippen MR) is 269 cm³/mol. The molecule has 3 amide bonds. The van der Waals surface area contributed by atoms with Gasteiger partial charge in [0.15, 0.2) is 0 Å². The molecule has 2 aromatic rings. The van der Waals surface area contributed by atoms with Crippen LogP contribution in [0.3, 0.4) is 0 Å². The summed E-state index contributed by atoms with van der Waals surface area (Å²) in [6, 6.07) is -0.629. The second-order valence-corrected chi connectivity index (χ2v) is 13.7. The molecule has 0 aromatic carbocycles. The topological polar surface area (TPSA) is 187 Å². The average Bonchev–Trinajstić information content (AvgIpc) is 3.31. The molecular formula is C40H66K9N11O4. The van der Waals surface area contributed by atoms with Crippen molar-refractivity contribution in [2.75, 3.05) is 68.6 Å². The van der Waals surface area contributed by atoms with E-state index in [2.05, 4.69) is 89.4 Å². The summed E-state index contributed by atoms with van der Waals surface area (Å²) in [5.41, 5.74) is 0.931. The molecule has 0 unspecified atom stereocenters. The fourth-order valence-corrected chi connectivity index (χ4v) is 4.21. The number of carbonyl (C=O) groups is 3. The van der Waals surface area contributed by atoms with Crippen molar-refractivity contribution in [1.29, 1.82) is 0 Å². The van der Waals surface area contributed by atoms with Crippen molar-refractivity contribution in [2.24, 2.45) is 5.92 Å². The Morgan fingerprint density at radius 3 is 1.45 bits per heavy atom. The van der Waals surface area contributed by atoms with Gasteiger partial charge in [-0.25, -0.2) is 14.8 Å². The van der Waals surface area contributed by atoms with Gasteiger partial charge in [-0.2, -0.15) is 9.97 Å². The number of hydrogen-bond donors (Lipinski definition) is 6. The third kappa shape index (κ3) is 45.3. The average molecular weight is 1120 g/mol. The van der Waals surface area contributed by atoms with Crippen LogP contribution < -0.4 is 83.3 Å². The molecule has 24 heteroatoms. The first-order chi connectivity index (χ1) is 30.2. The van der Waals surface area contributed by atoms with Crippen LogP contribution in [-0.2, 0) is 14.3 Å². The number of ether oxygens (including phenoxy) is 1. The standard InChI is InChI=1S/C22H36N6O3.C18H29N5O.9K.H/c1-8-13-24-18-17(15-26-20(23-6)27-18)12-10-9-11-14-25-19(29)16(2)28(7)21(30)31-22(3,4)5;1-5-11-20-16-15(13-22-18(19-4)23-16)10-8-7-9-12-21-17(24)14(3)6-2;;;;;;;;;;/h15-16H,8-9,11,13-14H2,1-7H3,(H,25,29)(H2,23,24,26,27);13-14H,5-7,9,11-12H2,1-4H3,(H,21,24)(H2,19,20,22,23);;;;;;;;;;/q;;;;;;;;;;+1;-1/t16-;14-;;;;;;;;;;/m01........../s1. The van der Waals surface area contributed by atoms with E-state index in [1.54, 1.807) is 61.2 Å². The summed E-state index contributed by atoms with van der Waals surface area (Å²) < 4.78 is 5.29. The third-order valence-electron chi connectivity index (χ3n) is 7.81. The van der Waals surface area contributed by atoms with E-state index in [1.165, 1.54) is 258 Å². The van der Waals surface area contributed by atoms with E-state index in [0.717, 1.165) is 62.1 Å². The van der Waals surface area contributed by atoms with Gasteiger partial charge in [-0.15, -0.1) is 0 Å². The Kier molecular flexibility index (Phi) is 75.3. The van der Waals surface area contributed by atoms with E-state index < -0.39 is 17.7 Å². The molecule has 0 saturated carbocycles. The van der Waals surface area contributed by atoms with Crippen LogP contribution >= 0.6 is 0 Å². The van der Waals surface area contributed by atoms with E-state index in [4.69, 9.17) is 4.74 Å². The first-order valence-electron chi connectivity index (χ1n) is 23.3. The first-order valence-corrected chi connectivity index (χ1v) is 87.3. The molecule has 0 fully saturated rings. The number of aromatic nitrogens is 4. The molecule has 314 valence electrons. The van der Waals surface area contributed by atoms with Crippen molar-refractivity contribution in [2.45, 2.75) is 112 Å². The van der Waals surface area contributed by atoms with Gasteiger partial charge in [-0.3, -0.25) is 14.5 Å². The molecule has 15 nitrogen and oxygen atoms in total. The van der Waals surface area contributed by atoms with Gasteiger partial charge in [0.05, 0.1) is 23.5 Å². The minimum atomic E-state index is -0.629. The van der Waals surface area contributed by atoms with E-state index in [9.17, 15) is 14.4 Å². The molecule has 0 spiro atoms. The van der Waals surface area contributed by atoms with Gasteiger partial charge in [0, 0.05) is 66.1 Å². The number of nitrogens with one attached hydrogen (secondary N) is 6. The van der Waals surface area contributed by atoms with Gasteiger partial charge in [0.2, 0.25) is 23.7 Å². The van der Waals surface area contributed by atoms with Crippen molar-refractivity contribution < 1.29 is 71.9 Å². The molecule has 0 aliphatic heterocycles. The van der Waals surface area contributed by atoms with Crippen molar-refractivity contribution in [3.63, 3.8) is 0 Å². The zero-order valence-electron chi connectivity index (χ0n) is 45.0. The molecule has 2 aromatic heterocycles. The fraction of sp³-hybridized carbons (Fsp3) is 0.625. The van der Waals surface area contributed by atoms with Crippen LogP contribution in [0.4, 0.5) is 28.3 Å². The second-order valence-electron chi connectivity index (χ2n) is 13.7. The summed E-state index contributed by atoms with van der Waals surface area (Å²) in [4.78, 5) is 54.5. The SMILES string of the molecule is CCCNc1nc(NC)ncc1C#CCCCNC(=O)[C@H](C)CC.CCCNc1nc(NC)ncc1C#CCCCNC(=O)[C@H](C)N(C)C(=O)OC(C)(C)C.[H-].[K+].[K][K].[K][K].[K][K].[K][K]. The number of unbranched alkanes of at least 4 members (excludes halogenated alkanes) is 2. The second kappa shape index (κ2) is 58.6. The third-order valence-corrected chi connectivity index (χ3v) is 7.81. The fourth-order valence-electron chi connectivity index (χ4n) is 4.21. The summed E-state index contributed by atoms with van der Waals surface area (Å²) in [5, 5.41) is 18.1. The van der Waals surface area contributed by atoms with Gasteiger partial charge in [0.25, 0.3) is 0 Å². The number of likely N-dealkylation sites (N-methyl/N-ethyl adjacent to an activating group) is 1. The molecule has 0 saturated heterocycles. The summed E-state index contributed by atoms with van der Waals surface area (Å²) >= 11 is 10.0. The van der Waals surface area contributed by atoms with Crippen LogP contribution in [0.2, 0.25) is 0 Å². The van der Waals surface area contributed by atoms with Crippen molar-refractivity contribution in [3.8, 4) is 23.7 Å².